The van der Waals surface area contributed by atoms with Gasteiger partial charge < -0.3 is 19.7 Å². The van der Waals surface area contributed by atoms with Crippen LogP contribution in [0.1, 0.15) is 36.0 Å². The molecule has 2 aliphatic heterocycles. The van der Waals surface area contributed by atoms with E-state index in [9.17, 15) is 4.79 Å². The molecule has 0 saturated carbocycles. The summed E-state index contributed by atoms with van der Waals surface area (Å²) >= 11 is 0. The molecule has 0 aliphatic carbocycles. The third-order valence-electron chi connectivity index (χ3n) is 4.72. The number of halogens is 1. The van der Waals surface area contributed by atoms with Crippen LogP contribution in [0.5, 0.6) is 0 Å². The fourth-order valence-electron chi connectivity index (χ4n) is 3.44. The second-order valence-corrected chi connectivity index (χ2v) is 6.51. The minimum atomic E-state index is -0.130. The first-order valence-electron chi connectivity index (χ1n) is 9.19. The third-order valence-corrected chi connectivity index (χ3v) is 4.72. The van der Waals surface area contributed by atoms with E-state index in [-0.39, 0.29) is 24.6 Å². The number of rotatable bonds is 5. The number of anilines is 3. The molecular formula is C20H24ClN3O3. The summed E-state index contributed by atoms with van der Waals surface area (Å²) in [4.78, 5) is 19.0. The molecule has 1 aromatic heterocycles. The molecule has 27 heavy (non-hydrogen) atoms. The lowest BCUT2D eigenvalue weighted by Gasteiger charge is -2.26. The van der Waals surface area contributed by atoms with Gasteiger partial charge in [-0.25, -0.2) is 4.98 Å². The Hall–Kier alpha value is -2.15. The number of nitrogens with one attached hydrogen (secondary N) is 1. The lowest BCUT2D eigenvalue weighted by molar-refractivity contribution is -0.162. The number of benzene rings is 1. The van der Waals surface area contributed by atoms with Crippen LogP contribution in [-0.2, 0) is 9.47 Å². The Kier molecular flexibility index (Phi) is 6.66. The molecule has 1 atom stereocenters. The number of nitrogens with zero attached hydrogens (tertiary/aromatic N) is 2. The van der Waals surface area contributed by atoms with Gasteiger partial charge in [0.2, 0.25) is 0 Å². The number of amides is 1. The molecule has 2 aliphatic rings. The second-order valence-electron chi connectivity index (χ2n) is 6.51. The van der Waals surface area contributed by atoms with E-state index in [2.05, 4.69) is 15.2 Å². The van der Waals surface area contributed by atoms with Crippen LogP contribution in [0.15, 0.2) is 42.6 Å². The Morgan fingerprint density at radius 2 is 2.04 bits per heavy atom. The van der Waals surface area contributed by atoms with Crippen LogP contribution in [0.25, 0.3) is 0 Å². The number of aromatic nitrogens is 1. The Bertz CT molecular complexity index is 781. The van der Waals surface area contributed by atoms with Crippen molar-refractivity contribution in [3.8, 4) is 0 Å². The number of carbonyl (C=O) groups excluding carboxylic acids is 1. The van der Waals surface area contributed by atoms with Gasteiger partial charge in [0.1, 0.15) is 0 Å². The van der Waals surface area contributed by atoms with E-state index in [0.717, 1.165) is 50.2 Å². The van der Waals surface area contributed by atoms with Gasteiger partial charge in [-0.05, 0) is 49.9 Å². The summed E-state index contributed by atoms with van der Waals surface area (Å²) in [7, 11) is 0. The molecule has 1 N–H and O–H groups in total. The highest BCUT2D eigenvalue weighted by Crippen LogP contribution is 2.36. The largest absolute Gasteiger partial charge is 0.353 e. The minimum absolute atomic E-state index is 0. The summed E-state index contributed by atoms with van der Waals surface area (Å²) in [6.45, 7) is 2.15. The number of fused-ring (bicyclic) bond motifs is 2. The first-order chi connectivity index (χ1) is 12.8. The van der Waals surface area contributed by atoms with Crippen molar-refractivity contribution in [2.24, 2.45) is 0 Å². The molecule has 1 aromatic carbocycles. The lowest BCUT2D eigenvalue weighted by Crippen LogP contribution is -2.25. The van der Waals surface area contributed by atoms with E-state index in [1.807, 2.05) is 36.4 Å². The van der Waals surface area contributed by atoms with Crippen LogP contribution >= 0.6 is 12.4 Å². The van der Waals surface area contributed by atoms with Gasteiger partial charge in [-0.1, -0.05) is 12.1 Å². The summed E-state index contributed by atoms with van der Waals surface area (Å²) in [5.41, 5.74) is 2.45. The number of carbonyl (C=O) groups is 1. The Balaban J connectivity index is 0.00000210. The molecule has 1 unspecified atom stereocenters. The van der Waals surface area contributed by atoms with Gasteiger partial charge in [-0.2, -0.15) is 0 Å². The van der Waals surface area contributed by atoms with E-state index in [4.69, 9.17) is 9.47 Å². The van der Waals surface area contributed by atoms with Crippen LogP contribution in [0.3, 0.4) is 0 Å². The Morgan fingerprint density at radius 3 is 2.89 bits per heavy atom. The zero-order valence-corrected chi connectivity index (χ0v) is 15.9. The van der Waals surface area contributed by atoms with Gasteiger partial charge in [0, 0.05) is 19.3 Å². The Morgan fingerprint density at radius 1 is 1.19 bits per heavy atom. The second kappa shape index (κ2) is 9.17. The molecule has 1 fully saturated rings. The summed E-state index contributed by atoms with van der Waals surface area (Å²) in [5, 5.41) is 2.91. The smallest absolute Gasteiger partial charge is 0.258 e. The predicted molar refractivity (Wildman–Crippen MR) is 107 cm³/mol. The van der Waals surface area contributed by atoms with Crippen molar-refractivity contribution < 1.29 is 14.3 Å². The normalized spacial score (nSPS) is 18.6. The van der Waals surface area contributed by atoms with E-state index >= 15 is 0 Å². The van der Waals surface area contributed by atoms with Crippen LogP contribution < -0.4 is 10.2 Å². The number of hydrogen-bond donors (Lipinski definition) is 1. The molecular weight excluding hydrogens is 366 g/mol. The molecule has 0 radical (unpaired) electrons. The molecule has 1 amide bonds. The molecule has 144 valence electrons. The van der Waals surface area contributed by atoms with Crippen molar-refractivity contribution in [1.29, 1.82) is 0 Å². The topological polar surface area (TPSA) is 63.7 Å². The number of ether oxygens (including phenoxy) is 2. The van der Waals surface area contributed by atoms with Gasteiger partial charge in [-0.15, -0.1) is 12.4 Å². The molecule has 6 nitrogen and oxygen atoms in total. The fourth-order valence-corrected chi connectivity index (χ4v) is 3.44. The van der Waals surface area contributed by atoms with E-state index in [1.165, 1.54) is 0 Å². The predicted octanol–water partition coefficient (Wildman–Crippen LogP) is 4.14. The number of pyridine rings is 1. The molecule has 7 heteroatoms. The average Bonchev–Trinajstić information content (AvgIpc) is 2.81. The van der Waals surface area contributed by atoms with Crippen LogP contribution in [-0.4, -0.2) is 36.9 Å². The van der Waals surface area contributed by atoms with Crippen molar-refractivity contribution in [2.45, 2.75) is 32.0 Å². The van der Waals surface area contributed by atoms with Crippen molar-refractivity contribution >= 4 is 35.5 Å². The first-order valence-corrected chi connectivity index (χ1v) is 9.19. The van der Waals surface area contributed by atoms with Crippen LogP contribution in [0, 0.1) is 0 Å². The molecule has 3 heterocycles. The van der Waals surface area contributed by atoms with Crippen molar-refractivity contribution in [2.75, 3.05) is 30.0 Å². The van der Waals surface area contributed by atoms with Crippen LogP contribution in [0.4, 0.5) is 17.2 Å². The van der Waals surface area contributed by atoms with Gasteiger partial charge in [0.15, 0.2) is 12.1 Å². The maximum absolute atomic E-state index is 12.5. The minimum Gasteiger partial charge on any atom is -0.353 e. The van der Waals surface area contributed by atoms with Gasteiger partial charge in [0.05, 0.1) is 23.5 Å². The van der Waals surface area contributed by atoms with Gasteiger partial charge >= 0.3 is 0 Å². The van der Waals surface area contributed by atoms with Crippen molar-refractivity contribution in [3.05, 3.63) is 48.2 Å². The highest BCUT2D eigenvalue weighted by Gasteiger charge is 2.25. The van der Waals surface area contributed by atoms with E-state index in [1.54, 1.807) is 6.20 Å². The SMILES string of the molecule is Cl.O=C1Nc2ncccc2N(CCCOC2CCCCO2)c2ccccc21. The lowest BCUT2D eigenvalue weighted by atomic mass is 10.1. The van der Waals surface area contributed by atoms with E-state index in [0.29, 0.717) is 18.0 Å². The monoisotopic (exact) mass is 389 g/mol. The highest BCUT2D eigenvalue weighted by molar-refractivity contribution is 6.11. The maximum Gasteiger partial charge on any atom is 0.258 e. The molecule has 2 aromatic rings. The number of hydrogen-bond acceptors (Lipinski definition) is 5. The van der Waals surface area contributed by atoms with E-state index < -0.39 is 0 Å². The zero-order valence-electron chi connectivity index (χ0n) is 15.1. The average molecular weight is 390 g/mol. The maximum atomic E-state index is 12.5. The standard InChI is InChI=1S/C20H23N3O3.ClH/c24-20-15-7-1-2-8-16(15)23(17-9-5-11-21-19(17)22-20)12-6-14-26-18-10-3-4-13-25-18;/h1-2,5,7-9,11,18H,3-4,6,10,12-14H2,(H,21,22,24);1H. The molecule has 1 saturated heterocycles. The molecule has 0 spiro atoms. The van der Waals surface area contributed by atoms with Gasteiger partial charge in [0.25, 0.3) is 5.91 Å². The summed E-state index contributed by atoms with van der Waals surface area (Å²) in [6, 6.07) is 11.5. The van der Waals surface area contributed by atoms with Gasteiger partial charge in [-0.3, -0.25) is 4.79 Å². The summed E-state index contributed by atoms with van der Waals surface area (Å²) < 4.78 is 11.5. The van der Waals surface area contributed by atoms with Crippen LogP contribution in [0.2, 0.25) is 0 Å². The quantitative estimate of drug-likeness (QED) is 0.778. The highest BCUT2D eigenvalue weighted by atomic mass is 35.5. The van der Waals surface area contributed by atoms with Crippen molar-refractivity contribution in [3.63, 3.8) is 0 Å². The fraction of sp³-hybridized carbons (Fsp3) is 0.400. The molecule has 0 bridgehead atoms. The Labute approximate surface area is 165 Å². The van der Waals surface area contributed by atoms with Crippen molar-refractivity contribution in [1.82, 2.24) is 4.98 Å². The molecule has 4 rings (SSSR count). The summed E-state index contributed by atoms with van der Waals surface area (Å²) in [6.07, 6.45) is 5.70. The first kappa shape index (κ1) is 19.6. The number of para-hydroxylation sites is 1. The summed E-state index contributed by atoms with van der Waals surface area (Å²) in [5.74, 6) is 0.458. The zero-order chi connectivity index (χ0) is 17.8. The third kappa shape index (κ3) is 4.40.